The highest BCUT2D eigenvalue weighted by molar-refractivity contribution is 7.13. The van der Waals surface area contributed by atoms with Gasteiger partial charge < -0.3 is 14.8 Å². The second-order valence-corrected chi connectivity index (χ2v) is 6.74. The first kappa shape index (κ1) is 15.7. The van der Waals surface area contributed by atoms with Crippen molar-refractivity contribution in [3.8, 4) is 10.8 Å². The van der Waals surface area contributed by atoms with Crippen LogP contribution < -0.4 is 5.32 Å². The molecule has 3 rings (SSSR count). The van der Waals surface area contributed by atoms with E-state index in [1.54, 1.807) is 0 Å². The third-order valence-corrected chi connectivity index (χ3v) is 4.98. The number of rotatable bonds is 5. The lowest BCUT2D eigenvalue weighted by atomic mass is 9.81. The summed E-state index contributed by atoms with van der Waals surface area (Å²) in [6.45, 7) is 0. The Morgan fingerprint density at radius 2 is 2.13 bits per heavy atom. The lowest BCUT2D eigenvalue weighted by Gasteiger charge is -2.33. The number of aliphatic carboxylic acids is 1. The van der Waals surface area contributed by atoms with Crippen LogP contribution in [0.1, 0.15) is 37.8 Å². The Bertz CT molecular complexity index is 687. The van der Waals surface area contributed by atoms with Crippen molar-refractivity contribution < 1.29 is 19.1 Å². The van der Waals surface area contributed by atoms with Crippen LogP contribution in [-0.4, -0.2) is 27.5 Å². The van der Waals surface area contributed by atoms with E-state index in [9.17, 15) is 14.7 Å². The Kier molecular flexibility index (Phi) is 4.47. The van der Waals surface area contributed by atoms with Gasteiger partial charge in [0.2, 0.25) is 11.8 Å². The first-order valence-electron chi connectivity index (χ1n) is 7.62. The molecule has 23 heavy (non-hydrogen) atoms. The number of aromatic nitrogens is 1. The summed E-state index contributed by atoms with van der Waals surface area (Å²) in [6, 6.07) is 3.79. The molecule has 1 saturated carbocycles. The number of carbonyl (C=O) groups is 2. The average Bonchev–Trinajstić information content (AvgIpc) is 3.18. The van der Waals surface area contributed by atoms with E-state index in [4.69, 9.17) is 4.42 Å². The van der Waals surface area contributed by atoms with Crippen LogP contribution in [0.4, 0.5) is 0 Å². The maximum absolute atomic E-state index is 12.2. The van der Waals surface area contributed by atoms with Gasteiger partial charge in [-0.15, -0.1) is 11.3 Å². The maximum Gasteiger partial charge on any atom is 0.329 e. The molecule has 1 aliphatic rings. The second kappa shape index (κ2) is 6.54. The summed E-state index contributed by atoms with van der Waals surface area (Å²) in [5.41, 5.74) is -0.627. The van der Waals surface area contributed by atoms with E-state index in [2.05, 4.69) is 10.3 Å². The number of amides is 1. The van der Waals surface area contributed by atoms with E-state index in [1.165, 1.54) is 17.6 Å². The van der Waals surface area contributed by atoms with Crippen LogP contribution in [0.3, 0.4) is 0 Å². The van der Waals surface area contributed by atoms with Crippen molar-refractivity contribution in [2.45, 2.75) is 44.1 Å². The predicted octanol–water partition coefficient (Wildman–Crippen LogP) is 2.85. The zero-order valence-corrected chi connectivity index (χ0v) is 13.4. The van der Waals surface area contributed by atoms with E-state index >= 15 is 0 Å². The van der Waals surface area contributed by atoms with Crippen LogP contribution in [0.5, 0.6) is 0 Å². The summed E-state index contributed by atoms with van der Waals surface area (Å²) < 4.78 is 5.38. The Hall–Kier alpha value is -2.15. The maximum atomic E-state index is 12.2. The SMILES string of the molecule is O=C(Cc1coc(-c2cccs2)n1)NC1(C(=O)O)CCCCC1. The van der Waals surface area contributed by atoms with Crippen LogP contribution in [-0.2, 0) is 16.0 Å². The fourth-order valence-corrected chi connectivity index (χ4v) is 3.58. The fraction of sp³-hybridized carbons (Fsp3) is 0.438. The molecular formula is C16H18N2O4S. The summed E-state index contributed by atoms with van der Waals surface area (Å²) in [6.07, 6.45) is 5.07. The number of thiophene rings is 1. The Labute approximate surface area is 137 Å². The first-order valence-corrected chi connectivity index (χ1v) is 8.50. The largest absolute Gasteiger partial charge is 0.480 e. The van der Waals surface area contributed by atoms with Crippen molar-refractivity contribution in [1.29, 1.82) is 0 Å². The van der Waals surface area contributed by atoms with Gasteiger partial charge in [-0.1, -0.05) is 25.3 Å². The van der Waals surface area contributed by atoms with E-state index in [-0.39, 0.29) is 12.3 Å². The van der Waals surface area contributed by atoms with E-state index in [0.29, 0.717) is 24.4 Å². The van der Waals surface area contributed by atoms with E-state index in [0.717, 1.165) is 24.1 Å². The summed E-state index contributed by atoms with van der Waals surface area (Å²) in [5.74, 6) is -0.807. The van der Waals surface area contributed by atoms with E-state index < -0.39 is 11.5 Å². The molecule has 0 aromatic carbocycles. The molecule has 1 amide bonds. The summed E-state index contributed by atoms with van der Waals surface area (Å²) in [5, 5.41) is 14.1. The molecule has 0 spiro atoms. The lowest BCUT2D eigenvalue weighted by Crippen LogP contribution is -2.56. The van der Waals surface area contributed by atoms with Crippen molar-refractivity contribution in [1.82, 2.24) is 10.3 Å². The molecule has 0 unspecified atom stereocenters. The molecule has 7 heteroatoms. The first-order chi connectivity index (χ1) is 11.1. The van der Waals surface area contributed by atoms with Crippen LogP contribution in [0.2, 0.25) is 0 Å². The summed E-state index contributed by atoms with van der Waals surface area (Å²) in [4.78, 5) is 29.0. The number of oxazole rings is 1. The van der Waals surface area contributed by atoms with Gasteiger partial charge in [-0.3, -0.25) is 4.79 Å². The smallest absolute Gasteiger partial charge is 0.329 e. The Morgan fingerprint density at radius 1 is 1.35 bits per heavy atom. The van der Waals surface area contributed by atoms with Crippen molar-refractivity contribution >= 4 is 23.2 Å². The fourth-order valence-electron chi connectivity index (χ4n) is 2.92. The van der Waals surface area contributed by atoms with Gasteiger partial charge in [0.25, 0.3) is 0 Å². The van der Waals surface area contributed by atoms with Gasteiger partial charge in [0.15, 0.2) is 0 Å². The number of nitrogens with one attached hydrogen (secondary N) is 1. The third kappa shape index (κ3) is 3.44. The molecule has 0 radical (unpaired) electrons. The quantitative estimate of drug-likeness (QED) is 0.877. The normalized spacial score (nSPS) is 16.9. The highest BCUT2D eigenvalue weighted by Crippen LogP contribution is 2.29. The molecule has 2 aromatic rings. The zero-order valence-electron chi connectivity index (χ0n) is 12.6. The standard InChI is InChI=1S/C16H18N2O4S/c19-13(18-16(15(20)21)6-2-1-3-7-16)9-11-10-22-14(17-11)12-5-4-8-23-12/h4-5,8,10H,1-3,6-7,9H2,(H,18,19)(H,20,21). The lowest BCUT2D eigenvalue weighted by molar-refractivity contribution is -0.149. The number of hydrogen-bond acceptors (Lipinski definition) is 5. The van der Waals surface area contributed by atoms with E-state index in [1.807, 2.05) is 17.5 Å². The molecule has 1 aliphatic carbocycles. The van der Waals surface area contributed by atoms with Crippen LogP contribution >= 0.6 is 11.3 Å². The minimum absolute atomic E-state index is 0.0178. The summed E-state index contributed by atoms with van der Waals surface area (Å²) >= 11 is 1.51. The zero-order chi connectivity index (χ0) is 16.3. The van der Waals surface area contributed by atoms with Crippen molar-refractivity contribution in [3.05, 3.63) is 29.5 Å². The molecular weight excluding hydrogens is 316 g/mol. The number of hydrogen-bond donors (Lipinski definition) is 2. The highest BCUT2D eigenvalue weighted by atomic mass is 32.1. The van der Waals surface area contributed by atoms with Gasteiger partial charge in [0.05, 0.1) is 17.0 Å². The number of carboxylic acids is 1. The van der Waals surface area contributed by atoms with Gasteiger partial charge in [0.1, 0.15) is 11.8 Å². The summed E-state index contributed by atoms with van der Waals surface area (Å²) in [7, 11) is 0. The number of nitrogens with zero attached hydrogens (tertiary/aromatic N) is 1. The van der Waals surface area contributed by atoms with Crippen molar-refractivity contribution in [3.63, 3.8) is 0 Å². The van der Waals surface area contributed by atoms with Crippen molar-refractivity contribution in [2.75, 3.05) is 0 Å². The minimum atomic E-state index is -1.13. The second-order valence-electron chi connectivity index (χ2n) is 5.79. The third-order valence-electron chi connectivity index (χ3n) is 4.12. The minimum Gasteiger partial charge on any atom is -0.480 e. The van der Waals surface area contributed by atoms with Gasteiger partial charge in [0, 0.05) is 0 Å². The molecule has 2 heterocycles. The van der Waals surface area contributed by atoms with Gasteiger partial charge in [-0.25, -0.2) is 9.78 Å². The molecule has 0 atom stereocenters. The van der Waals surface area contributed by atoms with Crippen LogP contribution in [0, 0.1) is 0 Å². The Morgan fingerprint density at radius 3 is 2.78 bits per heavy atom. The number of carbonyl (C=O) groups excluding carboxylic acids is 1. The molecule has 0 bridgehead atoms. The highest BCUT2D eigenvalue weighted by Gasteiger charge is 2.40. The molecule has 0 aliphatic heterocycles. The average molecular weight is 334 g/mol. The Balaban J connectivity index is 1.66. The van der Waals surface area contributed by atoms with Crippen LogP contribution in [0.15, 0.2) is 28.2 Å². The predicted molar refractivity (Wildman–Crippen MR) is 85.1 cm³/mol. The van der Waals surface area contributed by atoms with Crippen molar-refractivity contribution in [2.24, 2.45) is 0 Å². The monoisotopic (exact) mass is 334 g/mol. The van der Waals surface area contributed by atoms with Gasteiger partial charge in [-0.2, -0.15) is 0 Å². The molecule has 0 saturated heterocycles. The molecule has 1 fully saturated rings. The molecule has 6 nitrogen and oxygen atoms in total. The topological polar surface area (TPSA) is 92.4 Å². The molecule has 2 N–H and O–H groups in total. The van der Waals surface area contributed by atoms with Crippen LogP contribution in [0.25, 0.3) is 10.8 Å². The number of carboxylic acid groups (broad SMARTS) is 1. The van der Waals surface area contributed by atoms with Gasteiger partial charge in [-0.05, 0) is 24.3 Å². The molecule has 2 aromatic heterocycles. The van der Waals surface area contributed by atoms with Gasteiger partial charge >= 0.3 is 5.97 Å². The molecule has 122 valence electrons.